The van der Waals surface area contributed by atoms with Crippen LogP contribution in [0, 0.1) is 5.82 Å². The Bertz CT molecular complexity index is 435. The first-order valence-electron chi connectivity index (χ1n) is 5.11. The Morgan fingerprint density at radius 3 is 2.47 bits per heavy atom. The fraction of sp³-hybridized carbons (Fsp3) is 0.417. The van der Waals surface area contributed by atoms with Crippen LogP contribution in [0.4, 0.5) is 4.39 Å². The predicted octanol–water partition coefficient (Wildman–Crippen LogP) is 1.98. The second kappa shape index (κ2) is 4.71. The molecule has 0 saturated heterocycles. The number of carbonyl (C=O) groups excluding carboxylic acids is 1. The van der Waals surface area contributed by atoms with Gasteiger partial charge in [0.1, 0.15) is 11.2 Å². The summed E-state index contributed by atoms with van der Waals surface area (Å²) in [5.41, 5.74) is -0.969. The Morgan fingerprint density at radius 2 is 2.00 bits per heavy atom. The van der Waals surface area contributed by atoms with Crippen molar-refractivity contribution < 1.29 is 24.1 Å². The number of hydrogen-bond donors (Lipinski definition) is 2. The number of aliphatic hydroxyl groups excluding tert-OH is 1. The van der Waals surface area contributed by atoms with Gasteiger partial charge in [0, 0.05) is 0 Å². The number of aromatic hydroxyl groups is 1. The fourth-order valence-corrected chi connectivity index (χ4v) is 1.30. The van der Waals surface area contributed by atoms with Crippen molar-refractivity contribution in [2.45, 2.75) is 33.0 Å². The van der Waals surface area contributed by atoms with Crippen molar-refractivity contribution in [1.82, 2.24) is 0 Å². The van der Waals surface area contributed by atoms with Crippen molar-refractivity contribution in [2.75, 3.05) is 0 Å². The largest absolute Gasteiger partial charge is 0.504 e. The monoisotopic (exact) mass is 242 g/mol. The number of halogens is 1. The molecule has 5 heteroatoms. The van der Waals surface area contributed by atoms with Crippen molar-refractivity contribution in [1.29, 1.82) is 0 Å². The maximum atomic E-state index is 13.1. The van der Waals surface area contributed by atoms with Crippen LogP contribution in [0.3, 0.4) is 0 Å². The van der Waals surface area contributed by atoms with Gasteiger partial charge in [0.2, 0.25) is 0 Å². The van der Waals surface area contributed by atoms with E-state index in [9.17, 15) is 14.3 Å². The van der Waals surface area contributed by atoms with Gasteiger partial charge in [-0.3, -0.25) is 0 Å². The van der Waals surface area contributed by atoms with Gasteiger partial charge in [-0.05, 0) is 32.4 Å². The van der Waals surface area contributed by atoms with Crippen molar-refractivity contribution in [3.8, 4) is 5.75 Å². The summed E-state index contributed by atoms with van der Waals surface area (Å²) in [6, 6.07) is 2.21. The zero-order valence-corrected chi connectivity index (χ0v) is 9.95. The van der Waals surface area contributed by atoms with E-state index < -0.39 is 29.7 Å². The van der Waals surface area contributed by atoms with Gasteiger partial charge in [-0.1, -0.05) is 6.07 Å². The van der Waals surface area contributed by atoms with Gasteiger partial charge in [0.05, 0.1) is 6.61 Å². The van der Waals surface area contributed by atoms with Gasteiger partial charge in [-0.15, -0.1) is 0 Å². The first-order valence-corrected chi connectivity index (χ1v) is 5.11. The Hall–Kier alpha value is -1.62. The third-order valence-electron chi connectivity index (χ3n) is 1.99. The molecule has 1 rings (SSSR count). The Morgan fingerprint density at radius 1 is 1.41 bits per heavy atom. The zero-order valence-electron chi connectivity index (χ0n) is 9.95. The van der Waals surface area contributed by atoms with Crippen molar-refractivity contribution in [2.24, 2.45) is 0 Å². The molecule has 0 bridgehead atoms. The Kier molecular flexibility index (Phi) is 3.72. The van der Waals surface area contributed by atoms with E-state index >= 15 is 0 Å². The lowest BCUT2D eigenvalue weighted by atomic mass is 10.1. The lowest BCUT2D eigenvalue weighted by Gasteiger charge is -2.20. The molecule has 0 spiro atoms. The summed E-state index contributed by atoms with van der Waals surface area (Å²) in [5.74, 6) is -2.59. The van der Waals surface area contributed by atoms with Crippen LogP contribution in [0.5, 0.6) is 5.75 Å². The van der Waals surface area contributed by atoms with Crippen LogP contribution in [-0.2, 0) is 11.3 Å². The molecule has 0 aliphatic carbocycles. The molecule has 0 atom stereocenters. The van der Waals surface area contributed by atoms with Crippen molar-refractivity contribution in [3.63, 3.8) is 0 Å². The molecule has 0 aliphatic heterocycles. The molecule has 94 valence electrons. The Balaban J connectivity index is 3.20. The van der Waals surface area contributed by atoms with E-state index in [1.807, 2.05) is 0 Å². The molecule has 0 aromatic heterocycles. The Labute approximate surface area is 98.7 Å². The number of hydrogen-bond acceptors (Lipinski definition) is 4. The normalized spacial score (nSPS) is 11.4. The maximum absolute atomic E-state index is 13.1. The number of carbonyl (C=O) groups is 1. The minimum atomic E-state index is -0.928. The quantitative estimate of drug-likeness (QED) is 0.778. The summed E-state index contributed by atoms with van der Waals surface area (Å²) in [6.07, 6.45) is 0. The number of esters is 1. The molecular weight excluding hydrogens is 227 g/mol. The average molecular weight is 242 g/mol. The van der Waals surface area contributed by atoms with Crippen molar-refractivity contribution >= 4 is 5.97 Å². The molecule has 0 unspecified atom stereocenters. The lowest BCUT2D eigenvalue weighted by molar-refractivity contribution is 0.00629. The van der Waals surface area contributed by atoms with E-state index in [0.717, 1.165) is 6.07 Å². The number of phenols is 1. The molecule has 0 aliphatic rings. The molecule has 4 nitrogen and oxygen atoms in total. The minimum absolute atomic E-state index is 0.123. The van der Waals surface area contributed by atoms with Crippen LogP contribution in [0.25, 0.3) is 0 Å². The SMILES string of the molecule is CC(C)(C)OC(=O)c1c(CO)ccc(F)c1O. The second-order valence-electron chi connectivity index (χ2n) is 4.59. The number of benzene rings is 1. The van der Waals surface area contributed by atoms with Crippen LogP contribution < -0.4 is 0 Å². The standard InChI is InChI=1S/C12H15FO4/c1-12(2,3)17-11(16)9-7(6-14)4-5-8(13)10(9)15/h4-5,14-15H,6H2,1-3H3. The highest BCUT2D eigenvalue weighted by atomic mass is 19.1. The number of ether oxygens (including phenoxy) is 1. The third-order valence-corrected chi connectivity index (χ3v) is 1.99. The molecule has 2 N–H and O–H groups in total. The van der Waals surface area contributed by atoms with Gasteiger partial charge in [0.25, 0.3) is 0 Å². The highest BCUT2D eigenvalue weighted by Crippen LogP contribution is 2.27. The van der Waals surface area contributed by atoms with Gasteiger partial charge < -0.3 is 14.9 Å². The molecular formula is C12H15FO4. The molecule has 0 saturated carbocycles. The number of aliphatic hydroxyl groups is 1. The first kappa shape index (κ1) is 13.4. The average Bonchev–Trinajstić information content (AvgIpc) is 2.19. The second-order valence-corrected chi connectivity index (χ2v) is 4.59. The van der Waals surface area contributed by atoms with E-state index in [4.69, 9.17) is 9.84 Å². The first-order chi connectivity index (χ1) is 7.76. The molecule has 17 heavy (non-hydrogen) atoms. The van der Waals surface area contributed by atoms with Crippen molar-refractivity contribution in [3.05, 3.63) is 29.1 Å². The molecule has 1 aromatic carbocycles. The van der Waals surface area contributed by atoms with Crippen LogP contribution in [0.2, 0.25) is 0 Å². The van der Waals surface area contributed by atoms with E-state index in [1.54, 1.807) is 20.8 Å². The zero-order chi connectivity index (χ0) is 13.2. The van der Waals surface area contributed by atoms with Crippen LogP contribution in [0.15, 0.2) is 12.1 Å². The smallest absolute Gasteiger partial charge is 0.342 e. The summed E-state index contributed by atoms with van der Waals surface area (Å²) >= 11 is 0. The summed E-state index contributed by atoms with van der Waals surface area (Å²) in [6.45, 7) is 4.47. The van der Waals surface area contributed by atoms with Gasteiger partial charge in [-0.25, -0.2) is 9.18 Å². The summed E-state index contributed by atoms with van der Waals surface area (Å²) in [7, 11) is 0. The summed E-state index contributed by atoms with van der Waals surface area (Å²) < 4.78 is 18.2. The van der Waals surface area contributed by atoms with E-state index in [1.165, 1.54) is 6.07 Å². The third kappa shape index (κ3) is 3.17. The topological polar surface area (TPSA) is 66.8 Å². The molecule has 0 amide bonds. The minimum Gasteiger partial charge on any atom is -0.504 e. The molecule has 1 aromatic rings. The van der Waals surface area contributed by atoms with Crippen LogP contribution in [-0.4, -0.2) is 21.8 Å². The predicted molar refractivity (Wildman–Crippen MR) is 59.2 cm³/mol. The molecule has 0 radical (unpaired) electrons. The van der Waals surface area contributed by atoms with E-state index in [-0.39, 0.29) is 11.1 Å². The van der Waals surface area contributed by atoms with Crippen LogP contribution >= 0.6 is 0 Å². The van der Waals surface area contributed by atoms with E-state index in [0.29, 0.717) is 0 Å². The van der Waals surface area contributed by atoms with Gasteiger partial charge in [-0.2, -0.15) is 0 Å². The van der Waals surface area contributed by atoms with Gasteiger partial charge in [0.15, 0.2) is 11.6 Å². The highest BCUT2D eigenvalue weighted by Gasteiger charge is 2.24. The molecule has 0 fully saturated rings. The lowest BCUT2D eigenvalue weighted by Crippen LogP contribution is -2.24. The van der Waals surface area contributed by atoms with E-state index in [2.05, 4.69) is 0 Å². The van der Waals surface area contributed by atoms with Gasteiger partial charge >= 0.3 is 5.97 Å². The number of phenolic OH excluding ortho intramolecular Hbond substituents is 1. The van der Waals surface area contributed by atoms with Crippen LogP contribution in [0.1, 0.15) is 36.7 Å². The maximum Gasteiger partial charge on any atom is 0.342 e. The summed E-state index contributed by atoms with van der Waals surface area (Å²) in [4.78, 5) is 11.8. The fourth-order valence-electron chi connectivity index (χ4n) is 1.30. The summed E-state index contributed by atoms with van der Waals surface area (Å²) in [5, 5.41) is 18.5. The molecule has 0 heterocycles. The highest BCUT2D eigenvalue weighted by molar-refractivity contribution is 5.94. The number of rotatable bonds is 2.